The molecule has 2 nitrogen and oxygen atoms in total. The molecule has 0 aliphatic carbocycles. The van der Waals surface area contributed by atoms with E-state index in [1.165, 1.54) is 0 Å². The van der Waals surface area contributed by atoms with Crippen molar-refractivity contribution in [3.8, 4) is 0 Å². The first-order chi connectivity index (χ1) is 3.84. The lowest BCUT2D eigenvalue weighted by Gasteiger charge is -1.83. The van der Waals surface area contributed by atoms with Gasteiger partial charge in [0, 0.05) is 5.56 Å². The number of hydrogen-bond acceptors (Lipinski definition) is 2. The van der Waals surface area contributed by atoms with Crippen LogP contribution in [0.25, 0.3) is 0 Å². The monoisotopic (exact) mass is 110 g/mol. The zero-order chi connectivity index (χ0) is 5.98. The van der Waals surface area contributed by atoms with Crippen molar-refractivity contribution >= 4 is 0 Å². The summed E-state index contributed by atoms with van der Waals surface area (Å²) in [5.74, 6) is 0.875. The van der Waals surface area contributed by atoms with Gasteiger partial charge in [0.2, 0.25) is 0 Å². The van der Waals surface area contributed by atoms with Crippen molar-refractivity contribution in [1.82, 2.24) is 5.16 Å². The molecule has 0 aliphatic rings. The van der Waals surface area contributed by atoms with Crippen LogP contribution < -0.4 is 0 Å². The van der Waals surface area contributed by atoms with E-state index in [0.717, 1.165) is 17.7 Å². The molecule has 0 saturated carbocycles. The quantitative estimate of drug-likeness (QED) is 0.545. The number of aryl methyl sites for hydroxylation is 1. The van der Waals surface area contributed by atoms with E-state index in [4.69, 9.17) is 4.52 Å². The summed E-state index contributed by atoms with van der Waals surface area (Å²) in [6.07, 6.45) is 2.46. The fraction of sp³-hybridized carbons (Fsp3) is 0.333. The lowest BCUT2D eigenvalue weighted by Crippen LogP contribution is -1.75. The maximum Gasteiger partial charge on any atom is 0.136 e. The molecule has 0 saturated heterocycles. The van der Waals surface area contributed by atoms with E-state index in [2.05, 4.69) is 12.1 Å². The molecule has 0 aromatic carbocycles. The van der Waals surface area contributed by atoms with Gasteiger partial charge in [0.25, 0.3) is 0 Å². The third-order valence-corrected chi connectivity index (χ3v) is 1.12. The van der Waals surface area contributed by atoms with Gasteiger partial charge in [0.15, 0.2) is 0 Å². The standard InChI is InChI=1S/C6H8NO/c1-3-6-4-7-8-5(6)2/h4H,1,3H2,2H3. The molecule has 0 N–H and O–H groups in total. The van der Waals surface area contributed by atoms with Gasteiger partial charge in [-0.1, -0.05) is 5.16 Å². The summed E-state index contributed by atoms with van der Waals surface area (Å²) in [4.78, 5) is 0. The normalized spacial score (nSPS) is 9.75. The Kier molecular flexibility index (Phi) is 1.33. The topological polar surface area (TPSA) is 26.0 Å². The van der Waals surface area contributed by atoms with E-state index >= 15 is 0 Å². The highest BCUT2D eigenvalue weighted by molar-refractivity contribution is 5.11. The van der Waals surface area contributed by atoms with Crippen LogP contribution in [0.1, 0.15) is 11.3 Å². The van der Waals surface area contributed by atoms with Crippen LogP contribution in [-0.2, 0) is 6.42 Å². The van der Waals surface area contributed by atoms with Crippen molar-refractivity contribution < 1.29 is 4.52 Å². The summed E-state index contributed by atoms with van der Waals surface area (Å²) in [5, 5.41) is 3.58. The minimum absolute atomic E-state index is 0.759. The summed E-state index contributed by atoms with van der Waals surface area (Å²) in [5.41, 5.74) is 1.09. The maximum atomic E-state index is 4.77. The Bertz CT molecular complexity index is 169. The average molecular weight is 110 g/mol. The molecule has 8 heavy (non-hydrogen) atoms. The van der Waals surface area contributed by atoms with Gasteiger partial charge in [-0.15, -0.1) is 0 Å². The Morgan fingerprint density at radius 1 is 1.88 bits per heavy atom. The molecular weight excluding hydrogens is 102 g/mol. The predicted molar refractivity (Wildman–Crippen MR) is 30.3 cm³/mol. The van der Waals surface area contributed by atoms with Crippen molar-refractivity contribution in [3.63, 3.8) is 0 Å². The average Bonchev–Trinajstić information content (AvgIpc) is 2.14. The SMILES string of the molecule is [CH2]Cc1cnoc1C. The van der Waals surface area contributed by atoms with E-state index < -0.39 is 0 Å². The first-order valence-electron chi connectivity index (χ1n) is 2.54. The van der Waals surface area contributed by atoms with Crippen LogP contribution >= 0.6 is 0 Å². The van der Waals surface area contributed by atoms with Crippen molar-refractivity contribution in [2.75, 3.05) is 0 Å². The molecule has 0 unspecified atom stereocenters. The van der Waals surface area contributed by atoms with E-state index in [9.17, 15) is 0 Å². The number of aromatic nitrogens is 1. The molecule has 0 bridgehead atoms. The van der Waals surface area contributed by atoms with Crippen LogP contribution in [0.15, 0.2) is 10.7 Å². The van der Waals surface area contributed by atoms with Crippen molar-refractivity contribution in [1.29, 1.82) is 0 Å². The van der Waals surface area contributed by atoms with Gasteiger partial charge in [0.1, 0.15) is 5.76 Å². The van der Waals surface area contributed by atoms with E-state index in [1.807, 2.05) is 6.92 Å². The van der Waals surface area contributed by atoms with Gasteiger partial charge < -0.3 is 4.52 Å². The molecule has 1 aromatic rings. The summed E-state index contributed by atoms with van der Waals surface area (Å²) >= 11 is 0. The third kappa shape index (κ3) is 0.735. The van der Waals surface area contributed by atoms with Gasteiger partial charge in [-0.25, -0.2) is 0 Å². The predicted octanol–water partition coefficient (Wildman–Crippen LogP) is 1.36. The third-order valence-electron chi connectivity index (χ3n) is 1.12. The highest BCUT2D eigenvalue weighted by Gasteiger charge is 1.96. The van der Waals surface area contributed by atoms with Crippen LogP contribution in [0.4, 0.5) is 0 Å². The van der Waals surface area contributed by atoms with Gasteiger partial charge in [0.05, 0.1) is 6.20 Å². The Morgan fingerprint density at radius 3 is 2.88 bits per heavy atom. The largest absolute Gasteiger partial charge is 0.361 e. The molecule has 1 rings (SSSR count). The van der Waals surface area contributed by atoms with E-state index in [0.29, 0.717) is 0 Å². The molecule has 1 aromatic heterocycles. The second kappa shape index (κ2) is 1.99. The highest BCUT2D eigenvalue weighted by atomic mass is 16.5. The molecule has 0 aliphatic heterocycles. The Morgan fingerprint density at radius 2 is 2.62 bits per heavy atom. The molecule has 2 heteroatoms. The zero-order valence-corrected chi connectivity index (χ0v) is 4.85. The number of nitrogens with zero attached hydrogens (tertiary/aromatic N) is 1. The second-order valence-corrected chi connectivity index (χ2v) is 1.66. The lowest BCUT2D eigenvalue weighted by molar-refractivity contribution is 0.396. The maximum absolute atomic E-state index is 4.77. The molecule has 0 atom stereocenters. The molecular formula is C6H8NO. The molecule has 1 heterocycles. The molecule has 1 radical (unpaired) electrons. The van der Waals surface area contributed by atoms with Crippen LogP contribution in [0, 0.1) is 13.8 Å². The Balaban J connectivity index is 2.92. The van der Waals surface area contributed by atoms with Gasteiger partial charge in [-0.2, -0.15) is 0 Å². The summed E-state index contributed by atoms with van der Waals surface area (Å²) in [6, 6.07) is 0. The zero-order valence-electron chi connectivity index (χ0n) is 4.85. The first kappa shape index (κ1) is 5.35. The van der Waals surface area contributed by atoms with Gasteiger partial charge in [-0.3, -0.25) is 0 Å². The second-order valence-electron chi connectivity index (χ2n) is 1.66. The molecule has 0 amide bonds. The van der Waals surface area contributed by atoms with Gasteiger partial charge >= 0.3 is 0 Å². The van der Waals surface area contributed by atoms with E-state index in [1.54, 1.807) is 6.20 Å². The number of hydrogen-bond donors (Lipinski definition) is 0. The van der Waals surface area contributed by atoms with Crippen molar-refractivity contribution in [2.45, 2.75) is 13.3 Å². The minimum atomic E-state index is 0.759. The summed E-state index contributed by atoms with van der Waals surface area (Å²) < 4.78 is 4.77. The van der Waals surface area contributed by atoms with Crippen molar-refractivity contribution in [2.24, 2.45) is 0 Å². The summed E-state index contributed by atoms with van der Waals surface area (Å²) in [6.45, 7) is 5.57. The highest BCUT2D eigenvalue weighted by Crippen LogP contribution is 2.04. The van der Waals surface area contributed by atoms with Crippen LogP contribution in [0.3, 0.4) is 0 Å². The van der Waals surface area contributed by atoms with Gasteiger partial charge in [-0.05, 0) is 20.3 Å². The summed E-state index contributed by atoms with van der Waals surface area (Å²) in [7, 11) is 0. The molecule has 0 spiro atoms. The first-order valence-corrected chi connectivity index (χ1v) is 2.54. The van der Waals surface area contributed by atoms with Crippen LogP contribution in [-0.4, -0.2) is 5.16 Å². The Hall–Kier alpha value is -0.790. The minimum Gasteiger partial charge on any atom is -0.361 e. The lowest BCUT2D eigenvalue weighted by atomic mass is 10.2. The van der Waals surface area contributed by atoms with Crippen LogP contribution in [0.2, 0.25) is 0 Å². The molecule has 43 valence electrons. The fourth-order valence-electron chi connectivity index (χ4n) is 0.559. The fourth-order valence-corrected chi connectivity index (χ4v) is 0.559. The van der Waals surface area contributed by atoms with E-state index in [-0.39, 0.29) is 0 Å². The smallest absolute Gasteiger partial charge is 0.136 e. The Labute approximate surface area is 48.5 Å². The van der Waals surface area contributed by atoms with Crippen molar-refractivity contribution in [3.05, 3.63) is 24.4 Å². The number of rotatable bonds is 1. The van der Waals surface area contributed by atoms with Crippen LogP contribution in [0.5, 0.6) is 0 Å². The molecule has 0 fully saturated rings.